The van der Waals surface area contributed by atoms with E-state index in [1.807, 2.05) is 0 Å². The van der Waals surface area contributed by atoms with Gasteiger partial charge in [0.05, 0.1) is 12.6 Å². The highest BCUT2D eigenvalue weighted by atomic mass is 79.9. The summed E-state index contributed by atoms with van der Waals surface area (Å²) in [6.45, 7) is 5.98. The van der Waals surface area contributed by atoms with Crippen molar-refractivity contribution in [1.29, 1.82) is 5.26 Å². The maximum absolute atomic E-state index is 8.67. The van der Waals surface area contributed by atoms with Gasteiger partial charge >= 0.3 is 0 Å². The quantitative estimate of drug-likeness (QED) is 0.781. The molecule has 0 amide bonds. The Morgan fingerprint density at radius 2 is 1.79 bits per heavy atom. The van der Waals surface area contributed by atoms with Crippen LogP contribution in [0.4, 0.5) is 0 Å². The lowest BCUT2D eigenvalue weighted by molar-refractivity contribution is 0.142. The van der Waals surface area contributed by atoms with Gasteiger partial charge in [0.1, 0.15) is 0 Å². The highest BCUT2D eigenvalue weighted by Gasteiger charge is 2.15. The molecule has 4 heteroatoms. The maximum Gasteiger partial charge on any atom is 0.0866 e. The fourth-order valence-electron chi connectivity index (χ4n) is 2.47. The molecule has 0 radical (unpaired) electrons. The number of nitriles is 1. The van der Waals surface area contributed by atoms with Crippen molar-refractivity contribution in [3.8, 4) is 6.07 Å². The summed E-state index contributed by atoms with van der Waals surface area (Å²) in [5.41, 5.74) is 1.39. The van der Waals surface area contributed by atoms with Crippen LogP contribution in [-0.4, -0.2) is 49.1 Å². The predicted octanol–water partition coefficient (Wildman–Crippen LogP) is 2.52. The molecule has 1 aliphatic heterocycles. The lowest BCUT2D eigenvalue weighted by Gasteiger charge is -2.33. The number of benzene rings is 1. The van der Waals surface area contributed by atoms with Gasteiger partial charge in [-0.05, 0) is 31.0 Å². The zero-order chi connectivity index (χ0) is 13.5. The Balaban J connectivity index is 1.67. The summed E-state index contributed by atoms with van der Waals surface area (Å²) in [5, 5.41) is 8.67. The van der Waals surface area contributed by atoms with E-state index in [2.05, 4.69) is 56.1 Å². The van der Waals surface area contributed by atoms with E-state index in [4.69, 9.17) is 5.26 Å². The third-order valence-corrected chi connectivity index (χ3v) is 4.41. The van der Waals surface area contributed by atoms with Gasteiger partial charge in [0.15, 0.2) is 0 Å². The number of hydrogen-bond donors (Lipinski definition) is 0. The van der Waals surface area contributed by atoms with Crippen molar-refractivity contribution >= 4 is 15.9 Å². The van der Waals surface area contributed by atoms with E-state index < -0.39 is 0 Å². The molecule has 1 saturated heterocycles. The van der Waals surface area contributed by atoms with E-state index in [1.165, 1.54) is 16.5 Å². The smallest absolute Gasteiger partial charge is 0.0866 e. The molecule has 0 bridgehead atoms. The van der Waals surface area contributed by atoms with Crippen molar-refractivity contribution in [1.82, 2.24) is 9.80 Å². The molecule has 3 nitrogen and oxygen atoms in total. The standard InChI is InChI=1S/C15H20BrN3/c16-15-6-2-1-4-14(15)5-3-8-18-10-12-19(9-7-17)13-11-18/h1-2,4,6H,3,5,8-13H2. The Hall–Kier alpha value is -0.890. The normalized spacial score (nSPS) is 17.3. The summed E-state index contributed by atoms with van der Waals surface area (Å²) in [5.74, 6) is 0. The van der Waals surface area contributed by atoms with Crippen LogP contribution in [0.15, 0.2) is 28.7 Å². The number of aryl methyl sites for hydroxylation is 1. The van der Waals surface area contributed by atoms with Crippen LogP contribution >= 0.6 is 15.9 Å². The average Bonchev–Trinajstić information content (AvgIpc) is 2.43. The summed E-state index contributed by atoms with van der Waals surface area (Å²) in [6, 6.07) is 10.7. The fourth-order valence-corrected chi connectivity index (χ4v) is 2.95. The van der Waals surface area contributed by atoms with Gasteiger partial charge in [-0.1, -0.05) is 34.1 Å². The van der Waals surface area contributed by atoms with Crippen molar-refractivity contribution < 1.29 is 0 Å². The molecule has 0 aromatic heterocycles. The van der Waals surface area contributed by atoms with Crippen LogP contribution in [-0.2, 0) is 6.42 Å². The number of hydrogen-bond acceptors (Lipinski definition) is 3. The van der Waals surface area contributed by atoms with Gasteiger partial charge in [-0.3, -0.25) is 4.90 Å². The molecule has 102 valence electrons. The first-order chi connectivity index (χ1) is 9.29. The summed E-state index contributed by atoms with van der Waals surface area (Å²) < 4.78 is 1.22. The van der Waals surface area contributed by atoms with Crippen molar-refractivity contribution in [2.75, 3.05) is 39.3 Å². The minimum atomic E-state index is 0.574. The topological polar surface area (TPSA) is 30.3 Å². The predicted molar refractivity (Wildman–Crippen MR) is 81.0 cm³/mol. The Bertz CT molecular complexity index is 433. The van der Waals surface area contributed by atoms with Crippen LogP contribution in [0.25, 0.3) is 0 Å². The molecule has 1 aromatic rings. The molecule has 0 saturated carbocycles. The molecule has 0 unspecified atom stereocenters. The minimum absolute atomic E-state index is 0.574. The second-order valence-electron chi connectivity index (χ2n) is 4.97. The average molecular weight is 322 g/mol. The van der Waals surface area contributed by atoms with Crippen LogP contribution in [0.5, 0.6) is 0 Å². The van der Waals surface area contributed by atoms with Crippen LogP contribution in [0.3, 0.4) is 0 Å². The first-order valence-corrected chi connectivity index (χ1v) is 7.64. The van der Waals surface area contributed by atoms with Gasteiger partial charge in [-0.15, -0.1) is 0 Å². The number of nitrogens with zero attached hydrogens (tertiary/aromatic N) is 3. The zero-order valence-corrected chi connectivity index (χ0v) is 12.8. The third-order valence-electron chi connectivity index (χ3n) is 3.64. The first kappa shape index (κ1) is 14.5. The van der Waals surface area contributed by atoms with Crippen LogP contribution in [0.1, 0.15) is 12.0 Å². The number of halogens is 1. The Morgan fingerprint density at radius 1 is 1.11 bits per heavy atom. The summed E-state index contributed by atoms with van der Waals surface area (Å²) in [6.07, 6.45) is 2.32. The molecular formula is C15H20BrN3. The molecule has 1 fully saturated rings. The molecule has 19 heavy (non-hydrogen) atoms. The monoisotopic (exact) mass is 321 g/mol. The lowest BCUT2D eigenvalue weighted by Crippen LogP contribution is -2.46. The lowest BCUT2D eigenvalue weighted by atomic mass is 10.1. The molecule has 1 aromatic carbocycles. The third kappa shape index (κ3) is 4.61. The molecule has 0 aliphatic carbocycles. The number of rotatable bonds is 5. The van der Waals surface area contributed by atoms with Crippen molar-refractivity contribution in [2.24, 2.45) is 0 Å². The van der Waals surface area contributed by atoms with E-state index in [0.29, 0.717) is 6.54 Å². The van der Waals surface area contributed by atoms with E-state index in [1.54, 1.807) is 0 Å². The summed E-state index contributed by atoms with van der Waals surface area (Å²) >= 11 is 3.60. The van der Waals surface area contributed by atoms with Gasteiger partial charge in [-0.25, -0.2) is 0 Å². The summed E-state index contributed by atoms with van der Waals surface area (Å²) in [4.78, 5) is 4.73. The largest absolute Gasteiger partial charge is 0.301 e. The van der Waals surface area contributed by atoms with Crippen LogP contribution in [0, 0.1) is 11.3 Å². The Kier molecular flexibility index (Phi) is 5.84. The first-order valence-electron chi connectivity index (χ1n) is 6.84. The van der Waals surface area contributed by atoms with Crippen molar-refractivity contribution in [2.45, 2.75) is 12.8 Å². The molecular weight excluding hydrogens is 302 g/mol. The molecule has 0 atom stereocenters. The second-order valence-corrected chi connectivity index (χ2v) is 5.83. The Morgan fingerprint density at radius 3 is 2.47 bits per heavy atom. The van der Waals surface area contributed by atoms with Crippen LogP contribution < -0.4 is 0 Å². The SMILES string of the molecule is N#CCN1CCN(CCCc2ccccc2Br)CC1. The van der Waals surface area contributed by atoms with Gasteiger partial charge in [0.25, 0.3) is 0 Å². The Labute approximate surface area is 123 Å². The highest BCUT2D eigenvalue weighted by molar-refractivity contribution is 9.10. The van der Waals surface area contributed by atoms with E-state index in [9.17, 15) is 0 Å². The van der Waals surface area contributed by atoms with Gasteiger partial charge < -0.3 is 4.90 Å². The molecule has 2 rings (SSSR count). The van der Waals surface area contributed by atoms with E-state index in [0.717, 1.165) is 39.1 Å². The highest BCUT2D eigenvalue weighted by Crippen LogP contribution is 2.17. The maximum atomic E-state index is 8.67. The fraction of sp³-hybridized carbons (Fsp3) is 0.533. The van der Waals surface area contributed by atoms with E-state index >= 15 is 0 Å². The number of piperazine rings is 1. The summed E-state index contributed by atoms with van der Waals surface area (Å²) in [7, 11) is 0. The molecule has 0 spiro atoms. The minimum Gasteiger partial charge on any atom is -0.301 e. The second kappa shape index (κ2) is 7.64. The van der Waals surface area contributed by atoms with Crippen molar-refractivity contribution in [3.05, 3.63) is 34.3 Å². The van der Waals surface area contributed by atoms with E-state index in [-0.39, 0.29) is 0 Å². The molecule has 1 heterocycles. The molecule has 0 N–H and O–H groups in total. The zero-order valence-electron chi connectivity index (χ0n) is 11.2. The van der Waals surface area contributed by atoms with Gasteiger partial charge in [0, 0.05) is 30.7 Å². The van der Waals surface area contributed by atoms with Gasteiger partial charge in [0.2, 0.25) is 0 Å². The van der Waals surface area contributed by atoms with Crippen molar-refractivity contribution in [3.63, 3.8) is 0 Å². The molecule has 1 aliphatic rings. The van der Waals surface area contributed by atoms with Crippen LogP contribution in [0.2, 0.25) is 0 Å². The van der Waals surface area contributed by atoms with Gasteiger partial charge in [-0.2, -0.15) is 5.26 Å².